The molecule has 0 spiro atoms. The molecule has 0 aromatic heterocycles. The summed E-state index contributed by atoms with van der Waals surface area (Å²) in [6, 6.07) is 12.2. The third-order valence-electron chi connectivity index (χ3n) is 3.71. The lowest BCUT2D eigenvalue weighted by molar-refractivity contribution is 0.0109. The van der Waals surface area contributed by atoms with Crippen LogP contribution < -0.4 is 0 Å². The molecule has 0 amide bonds. The van der Waals surface area contributed by atoms with Crippen LogP contribution in [0.4, 0.5) is 0 Å². The number of aliphatic hydroxyl groups is 1. The van der Waals surface area contributed by atoms with Crippen molar-refractivity contribution in [1.29, 1.82) is 0 Å². The van der Waals surface area contributed by atoms with Gasteiger partial charge in [-0.25, -0.2) is 8.42 Å². The third-order valence-corrected chi connectivity index (χ3v) is 5.66. The van der Waals surface area contributed by atoms with Crippen LogP contribution in [-0.2, 0) is 14.8 Å². The Morgan fingerprint density at radius 3 is 2.71 bits per heavy atom. The molecule has 1 atom stereocenters. The van der Waals surface area contributed by atoms with Crippen LogP contribution in [-0.4, -0.2) is 50.2 Å². The minimum absolute atomic E-state index is 0.226. The Kier molecular flexibility index (Phi) is 3.95. The fraction of sp³-hybridized carbons (Fsp3) is 0.333. The molecule has 0 radical (unpaired) electrons. The topological polar surface area (TPSA) is 66.8 Å². The summed E-state index contributed by atoms with van der Waals surface area (Å²) >= 11 is 0. The Morgan fingerprint density at radius 1 is 1.19 bits per heavy atom. The molecule has 0 aliphatic carbocycles. The van der Waals surface area contributed by atoms with Gasteiger partial charge in [0.15, 0.2) is 0 Å². The maximum absolute atomic E-state index is 12.8. The smallest absolute Gasteiger partial charge is 0.243 e. The molecule has 112 valence electrons. The van der Waals surface area contributed by atoms with E-state index >= 15 is 0 Å². The molecule has 1 aliphatic rings. The number of aliphatic hydroxyl groups excluding tert-OH is 1. The first-order chi connectivity index (χ1) is 10.1. The predicted octanol–water partition coefficient (Wildman–Crippen LogP) is 1.22. The van der Waals surface area contributed by atoms with Crippen molar-refractivity contribution in [2.24, 2.45) is 0 Å². The number of fused-ring (bicyclic) bond motifs is 1. The zero-order chi connectivity index (χ0) is 14.9. The van der Waals surface area contributed by atoms with E-state index in [2.05, 4.69) is 0 Å². The Hall–Kier alpha value is -1.47. The number of hydrogen-bond acceptors (Lipinski definition) is 4. The first-order valence-corrected chi connectivity index (χ1v) is 8.26. The normalized spacial score (nSPS) is 20.7. The van der Waals surface area contributed by atoms with Crippen molar-refractivity contribution in [3.63, 3.8) is 0 Å². The quantitative estimate of drug-likeness (QED) is 0.926. The highest BCUT2D eigenvalue weighted by molar-refractivity contribution is 7.89. The molecule has 2 aromatic carbocycles. The molecule has 1 saturated heterocycles. The van der Waals surface area contributed by atoms with Gasteiger partial charge in [0.1, 0.15) is 0 Å². The molecular weight excluding hydrogens is 290 g/mol. The fourth-order valence-electron chi connectivity index (χ4n) is 2.56. The lowest BCUT2D eigenvalue weighted by Gasteiger charge is -2.33. The summed E-state index contributed by atoms with van der Waals surface area (Å²) in [6.45, 7) is 0.597. The number of sulfonamides is 1. The summed E-state index contributed by atoms with van der Waals surface area (Å²) < 4.78 is 32.1. The number of benzene rings is 2. The zero-order valence-electron chi connectivity index (χ0n) is 11.5. The average molecular weight is 307 g/mol. The Balaban J connectivity index is 2.02. The third kappa shape index (κ3) is 2.67. The van der Waals surface area contributed by atoms with Crippen LogP contribution in [0.2, 0.25) is 0 Å². The molecule has 1 heterocycles. The molecule has 0 bridgehead atoms. The molecule has 3 rings (SSSR count). The standard InChI is InChI=1S/C15H17NO4S/c17-10-14-11-20-8-7-16(14)21(18,19)15-6-5-12-3-1-2-4-13(12)9-15/h1-6,9,14,17H,7-8,10-11H2. The fourth-order valence-corrected chi connectivity index (χ4v) is 4.18. The van der Waals surface area contributed by atoms with E-state index in [4.69, 9.17) is 4.74 Å². The molecule has 5 nitrogen and oxygen atoms in total. The van der Waals surface area contributed by atoms with E-state index < -0.39 is 16.1 Å². The Morgan fingerprint density at radius 2 is 1.95 bits per heavy atom. The second kappa shape index (κ2) is 5.73. The zero-order valence-corrected chi connectivity index (χ0v) is 12.3. The lowest BCUT2D eigenvalue weighted by atomic mass is 10.1. The Labute approximate surface area is 123 Å². The monoisotopic (exact) mass is 307 g/mol. The van der Waals surface area contributed by atoms with E-state index in [9.17, 15) is 13.5 Å². The van der Waals surface area contributed by atoms with Crippen molar-refractivity contribution in [3.8, 4) is 0 Å². The van der Waals surface area contributed by atoms with Crippen LogP contribution in [0.1, 0.15) is 0 Å². The molecule has 6 heteroatoms. The summed E-state index contributed by atoms with van der Waals surface area (Å²) in [4.78, 5) is 0.251. The van der Waals surface area contributed by atoms with Crippen LogP contribution in [0, 0.1) is 0 Å². The van der Waals surface area contributed by atoms with Gasteiger partial charge in [0.25, 0.3) is 0 Å². The minimum atomic E-state index is -3.62. The van der Waals surface area contributed by atoms with Crippen LogP contribution in [0.25, 0.3) is 10.8 Å². The number of rotatable bonds is 3. The highest BCUT2D eigenvalue weighted by atomic mass is 32.2. The maximum atomic E-state index is 12.8. The van der Waals surface area contributed by atoms with Crippen molar-refractivity contribution >= 4 is 20.8 Å². The van der Waals surface area contributed by atoms with Crippen molar-refractivity contribution in [1.82, 2.24) is 4.31 Å². The van der Waals surface area contributed by atoms with E-state index in [-0.39, 0.29) is 24.7 Å². The number of morpholine rings is 1. The maximum Gasteiger partial charge on any atom is 0.243 e. The van der Waals surface area contributed by atoms with Gasteiger partial charge in [0, 0.05) is 6.54 Å². The molecule has 1 N–H and O–H groups in total. The van der Waals surface area contributed by atoms with Gasteiger partial charge < -0.3 is 9.84 Å². The van der Waals surface area contributed by atoms with Crippen LogP contribution in [0.3, 0.4) is 0 Å². The predicted molar refractivity (Wildman–Crippen MR) is 79.5 cm³/mol. The Bertz CT molecular complexity index is 744. The largest absolute Gasteiger partial charge is 0.395 e. The number of ether oxygens (including phenoxy) is 1. The van der Waals surface area contributed by atoms with Gasteiger partial charge in [-0.05, 0) is 22.9 Å². The van der Waals surface area contributed by atoms with E-state index in [1.54, 1.807) is 18.2 Å². The molecule has 1 unspecified atom stereocenters. The highest BCUT2D eigenvalue weighted by Crippen LogP contribution is 2.24. The molecule has 2 aromatic rings. The van der Waals surface area contributed by atoms with Crippen molar-refractivity contribution < 1.29 is 18.3 Å². The summed E-state index contributed by atoms with van der Waals surface area (Å²) in [7, 11) is -3.62. The summed E-state index contributed by atoms with van der Waals surface area (Å²) in [6.07, 6.45) is 0. The van der Waals surface area contributed by atoms with Gasteiger partial charge in [0.05, 0.1) is 30.8 Å². The van der Waals surface area contributed by atoms with Gasteiger partial charge in [-0.1, -0.05) is 30.3 Å². The van der Waals surface area contributed by atoms with Crippen molar-refractivity contribution in [2.75, 3.05) is 26.4 Å². The van der Waals surface area contributed by atoms with Gasteiger partial charge in [-0.3, -0.25) is 0 Å². The summed E-state index contributed by atoms with van der Waals surface area (Å²) in [5.74, 6) is 0. The van der Waals surface area contributed by atoms with Crippen LogP contribution in [0.5, 0.6) is 0 Å². The molecule has 0 saturated carbocycles. The molecule has 1 fully saturated rings. The SMILES string of the molecule is O=S(=O)(c1ccc2ccccc2c1)N1CCOCC1CO. The van der Waals surface area contributed by atoms with E-state index in [1.807, 2.05) is 24.3 Å². The lowest BCUT2D eigenvalue weighted by Crippen LogP contribution is -2.50. The summed E-state index contributed by atoms with van der Waals surface area (Å²) in [5, 5.41) is 11.2. The van der Waals surface area contributed by atoms with Crippen molar-refractivity contribution in [2.45, 2.75) is 10.9 Å². The molecule has 21 heavy (non-hydrogen) atoms. The van der Waals surface area contributed by atoms with Gasteiger partial charge in [-0.15, -0.1) is 0 Å². The summed E-state index contributed by atoms with van der Waals surface area (Å²) in [5.41, 5.74) is 0. The van der Waals surface area contributed by atoms with E-state index in [0.29, 0.717) is 6.61 Å². The van der Waals surface area contributed by atoms with Crippen molar-refractivity contribution in [3.05, 3.63) is 42.5 Å². The van der Waals surface area contributed by atoms with E-state index in [1.165, 1.54) is 4.31 Å². The van der Waals surface area contributed by atoms with Gasteiger partial charge in [-0.2, -0.15) is 4.31 Å². The van der Waals surface area contributed by atoms with Crippen LogP contribution >= 0.6 is 0 Å². The highest BCUT2D eigenvalue weighted by Gasteiger charge is 2.33. The first kappa shape index (κ1) is 14.5. The van der Waals surface area contributed by atoms with Crippen LogP contribution in [0.15, 0.2) is 47.4 Å². The second-order valence-corrected chi connectivity index (χ2v) is 6.93. The molecular formula is C15H17NO4S. The minimum Gasteiger partial charge on any atom is -0.395 e. The van der Waals surface area contributed by atoms with Gasteiger partial charge >= 0.3 is 0 Å². The number of hydrogen-bond donors (Lipinski definition) is 1. The molecule has 1 aliphatic heterocycles. The van der Waals surface area contributed by atoms with E-state index in [0.717, 1.165) is 10.8 Å². The first-order valence-electron chi connectivity index (χ1n) is 6.82. The van der Waals surface area contributed by atoms with Gasteiger partial charge in [0.2, 0.25) is 10.0 Å². The number of nitrogens with zero attached hydrogens (tertiary/aromatic N) is 1. The second-order valence-electron chi connectivity index (χ2n) is 5.04. The average Bonchev–Trinajstić information content (AvgIpc) is 2.54.